The van der Waals surface area contributed by atoms with Crippen molar-refractivity contribution in [1.82, 2.24) is 15.0 Å². The van der Waals surface area contributed by atoms with Crippen molar-refractivity contribution in [1.29, 1.82) is 0 Å². The Hall–Kier alpha value is -4.52. The van der Waals surface area contributed by atoms with E-state index < -0.39 is 0 Å². The highest BCUT2D eigenvalue weighted by Gasteiger charge is 2.21. The molecule has 0 saturated carbocycles. The van der Waals surface area contributed by atoms with Crippen LogP contribution in [-0.2, 0) is 0 Å². The highest BCUT2D eigenvalue weighted by Crippen LogP contribution is 2.38. The predicted octanol–water partition coefficient (Wildman–Crippen LogP) is 5.45. The first-order valence-corrected chi connectivity index (χ1v) is 10.4. The molecule has 0 spiro atoms. The SMILES string of the molecule is COc1cc2[nH]c(O)c(C(=Nc3ccc(-c4cnc[nH]4)cc3)c3ccccc3)c2cc1OC. The van der Waals surface area contributed by atoms with Gasteiger partial charge in [0.2, 0.25) is 0 Å². The summed E-state index contributed by atoms with van der Waals surface area (Å²) in [6.07, 6.45) is 3.43. The zero-order valence-electron chi connectivity index (χ0n) is 18.2. The Morgan fingerprint density at radius 3 is 2.33 bits per heavy atom. The van der Waals surface area contributed by atoms with Gasteiger partial charge in [-0.05, 0) is 23.8 Å². The van der Waals surface area contributed by atoms with Crippen molar-refractivity contribution >= 4 is 22.3 Å². The number of aromatic hydroxyl groups is 1. The molecule has 164 valence electrons. The Kier molecular flexibility index (Phi) is 5.28. The topological polar surface area (TPSA) is 95.5 Å². The molecule has 2 heterocycles. The summed E-state index contributed by atoms with van der Waals surface area (Å²) >= 11 is 0. The van der Waals surface area contributed by atoms with Gasteiger partial charge in [0.25, 0.3) is 0 Å². The van der Waals surface area contributed by atoms with Crippen LogP contribution < -0.4 is 9.47 Å². The van der Waals surface area contributed by atoms with E-state index in [1.807, 2.05) is 60.7 Å². The third-order valence-corrected chi connectivity index (χ3v) is 5.48. The van der Waals surface area contributed by atoms with Crippen molar-refractivity contribution in [3.63, 3.8) is 0 Å². The van der Waals surface area contributed by atoms with Crippen LogP contribution in [0.25, 0.3) is 22.2 Å². The van der Waals surface area contributed by atoms with Gasteiger partial charge in [-0.3, -0.25) is 0 Å². The van der Waals surface area contributed by atoms with Crippen LogP contribution in [0.5, 0.6) is 17.4 Å². The van der Waals surface area contributed by atoms with Crippen molar-refractivity contribution in [2.75, 3.05) is 14.2 Å². The van der Waals surface area contributed by atoms with E-state index in [-0.39, 0.29) is 5.88 Å². The minimum atomic E-state index is 0.0250. The van der Waals surface area contributed by atoms with E-state index in [1.165, 1.54) is 0 Å². The number of H-pyrrole nitrogens is 2. The Morgan fingerprint density at radius 2 is 1.67 bits per heavy atom. The molecular weight excluding hydrogens is 416 g/mol. The Labute approximate surface area is 190 Å². The average molecular weight is 438 g/mol. The highest BCUT2D eigenvalue weighted by atomic mass is 16.5. The highest BCUT2D eigenvalue weighted by molar-refractivity contribution is 6.22. The van der Waals surface area contributed by atoms with Crippen molar-refractivity contribution in [2.45, 2.75) is 0 Å². The van der Waals surface area contributed by atoms with Crippen molar-refractivity contribution in [3.05, 3.63) is 90.4 Å². The third kappa shape index (κ3) is 3.80. The fraction of sp³-hybridized carbons (Fsp3) is 0.0769. The summed E-state index contributed by atoms with van der Waals surface area (Å²) in [5.74, 6) is 1.17. The molecule has 0 saturated heterocycles. The number of nitrogens with one attached hydrogen (secondary N) is 2. The summed E-state index contributed by atoms with van der Waals surface area (Å²) in [7, 11) is 3.17. The quantitative estimate of drug-likeness (QED) is 0.307. The Balaban J connectivity index is 1.68. The second-order valence-electron chi connectivity index (χ2n) is 7.44. The molecule has 3 N–H and O–H groups in total. The Bertz CT molecular complexity index is 1420. The van der Waals surface area contributed by atoms with Crippen LogP contribution in [0.3, 0.4) is 0 Å². The smallest absolute Gasteiger partial charge is 0.199 e. The first-order chi connectivity index (χ1) is 16.2. The van der Waals surface area contributed by atoms with E-state index in [0.717, 1.165) is 33.4 Å². The van der Waals surface area contributed by atoms with Crippen molar-refractivity contribution in [3.8, 4) is 28.6 Å². The van der Waals surface area contributed by atoms with Gasteiger partial charge < -0.3 is 24.5 Å². The summed E-state index contributed by atoms with van der Waals surface area (Å²) in [5.41, 5.74) is 5.53. The molecule has 5 aromatic rings. The van der Waals surface area contributed by atoms with E-state index in [0.29, 0.717) is 22.8 Å². The number of benzene rings is 3. The number of ether oxygens (including phenoxy) is 2. The first-order valence-electron chi connectivity index (χ1n) is 10.4. The molecule has 0 unspecified atom stereocenters. The number of rotatable bonds is 6. The number of imidazole rings is 1. The Morgan fingerprint density at radius 1 is 0.939 bits per heavy atom. The maximum absolute atomic E-state index is 10.9. The van der Waals surface area contributed by atoms with Crippen molar-refractivity contribution < 1.29 is 14.6 Å². The molecular formula is C26H22N4O3. The summed E-state index contributed by atoms with van der Waals surface area (Å²) in [6, 6.07) is 21.3. The van der Waals surface area contributed by atoms with E-state index in [2.05, 4.69) is 15.0 Å². The molecule has 7 heteroatoms. The van der Waals surface area contributed by atoms with Gasteiger partial charge >= 0.3 is 0 Å². The zero-order valence-corrected chi connectivity index (χ0v) is 18.2. The van der Waals surface area contributed by atoms with Gasteiger partial charge in [0.1, 0.15) is 0 Å². The van der Waals surface area contributed by atoms with Crippen molar-refractivity contribution in [2.24, 2.45) is 4.99 Å². The number of methoxy groups -OCH3 is 2. The van der Waals surface area contributed by atoms with Gasteiger partial charge in [-0.25, -0.2) is 9.98 Å². The molecule has 0 radical (unpaired) electrons. The number of aliphatic imine (C=N–C) groups is 1. The second kappa shape index (κ2) is 8.55. The van der Waals surface area contributed by atoms with Gasteiger partial charge in [-0.2, -0.15) is 0 Å². The molecule has 3 aromatic carbocycles. The molecule has 2 aromatic heterocycles. The fourth-order valence-corrected chi connectivity index (χ4v) is 3.87. The van der Waals surface area contributed by atoms with Gasteiger partial charge in [-0.15, -0.1) is 0 Å². The average Bonchev–Trinajstić information content (AvgIpc) is 3.50. The molecule has 7 nitrogen and oxygen atoms in total. The number of nitrogens with zero attached hydrogens (tertiary/aromatic N) is 2. The molecule has 0 aliphatic heterocycles. The largest absolute Gasteiger partial charge is 0.494 e. The molecule has 0 bridgehead atoms. The lowest BCUT2D eigenvalue weighted by molar-refractivity contribution is 0.356. The number of fused-ring (bicyclic) bond motifs is 1. The number of aromatic nitrogens is 3. The van der Waals surface area contributed by atoms with E-state index >= 15 is 0 Å². The van der Waals surface area contributed by atoms with Crippen LogP contribution >= 0.6 is 0 Å². The molecule has 0 aliphatic rings. The summed E-state index contributed by atoms with van der Waals surface area (Å²) in [6.45, 7) is 0. The van der Waals surface area contributed by atoms with E-state index in [4.69, 9.17) is 14.5 Å². The maximum atomic E-state index is 10.9. The lowest BCUT2D eigenvalue weighted by Gasteiger charge is -2.10. The van der Waals surface area contributed by atoms with Crippen LogP contribution in [-0.4, -0.2) is 40.0 Å². The molecule has 33 heavy (non-hydrogen) atoms. The van der Waals surface area contributed by atoms with Crippen LogP contribution in [0.4, 0.5) is 5.69 Å². The minimum absolute atomic E-state index is 0.0250. The zero-order chi connectivity index (χ0) is 22.8. The van der Waals surface area contributed by atoms with Crippen LogP contribution in [0, 0.1) is 0 Å². The predicted molar refractivity (Wildman–Crippen MR) is 129 cm³/mol. The minimum Gasteiger partial charge on any atom is -0.494 e. The molecule has 0 atom stereocenters. The monoisotopic (exact) mass is 438 g/mol. The third-order valence-electron chi connectivity index (χ3n) is 5.48. The summed E-state index contributed by atoms with van der Waals surface area (Å²) in [5, 5.41) is 11.7. The van der Waals surface area contributed by atoms with Crippen LogP contribution in [0.1, 0.15) is 11.1 Å². The molecule has 0 fully saturated rings. The number of aromatic amines is 2. The number of hydrogen-bond donors (Lipinski definition) is 3. The van der Waals surface area contributed by atoms with Crippen LogP contribution in [0.2, 0.25) is 0 Å². The van der Waals surface area contributed by atoms with Gasteiger partial charge in [-0.1, -0.05) is 42.5 Å². The van der Waals surface area contributed by atoms with E-state index in [9.17, 15) is 5.11 Å². The van der Waals surface area contributed by atoms with Gasteiger partial charge in [0.15, 0.2) is 17.4 Å². The standard InChI is InChI=1S/C26H22N4O3/c1-32-22-12-19-20(13-23(22)33-2)30-26(31)24(19)25(17-6-4-3-5-7-17)29-18-10-8-16(9-11-18)21-14-27-15-28-21/h3-15,30-31H,1-2H3,(H,27,28). The van der Waals surface area contributed by atoms with Gasteiger partial charge in [0, 0.05) is 17.0 Å². The number of hydrogen-bond acceptors (Lipinski definition) is 5. The van der Waals surface area contributed by atoms with Gasteiger partial charge in [0.05, 0.1) is 54.9 Å². The molecule has 0 amide bonds. The summed E-state index contributed by atoms with van der Waals surface area (Å²) < 4.78 is 10.9. The first kappa shape index (κ1) is 20.4. The normalized spacial score (nSPS) is 11.6. The molecule has 0 aliphatic carbocycles. The lowest BCUT2D eigenvalue weighted by atomic mass is 10.0. The van der Waals surface area contributed by atoms with E-state index in [1.54, 1.807) is 32.8 Å². The van der Waals surface area contributed by atoms with Crippen LogP contribution in [0.15, 0.2) is 84.2 Å². The lowest BCUT2D eigenvalue weighted by Crippen LogP contribution is -2.03. The maximum Gasteiger partial charge on any atom is 0.199 e. The molecule has 5 rings (SSSR count). The summed E-state index contributed by atoms with van der Waals surface area (Å²) in [4.78, 5) is 15.2. The second-order valence-corrected chi connectivity index (χ2v) is 7.44. The fourth-order valence-electron chi connectivity index (χ4n) is 3.87.